The highest BCUT2D eigenvalue weighted by molar-refractivity contribution is 5.99. The van der Waals surface area contributed by atoms with E-state index in [-0.39, 0.29) is 6.10 Å². The number of amides is 2. The number of carbonyl (C=O) groups is 2. The van der Waals surface area contributed by atoms with E-state index in [1.165, 1.54) is 0 Å². The Balaban J connectivity index is 2.67. The third-order valence-electron chi connectivity index (χ3n) is 1.40. The van der Waals surface area contributed by atoms with Gasteiger partial charge in [0.25, 0.3) is 5.91 Å². The van der Waals surface area contributed by atoms with Gasteiger partial charge in [-0.25, -0.2) is 9.69 Å². The van der Waals surface area contributed by atoms with Gasteiger partial charge in [-0.05, 0) is 13.0 Å². The Hall–Kier alpha value is -1.32. The van der Waals surface area contributed by atoms with Crippen LogP contribution in [0, 0.1) is 0 Å². The van der Waals surface area contributed by atoms with Crippen LogP contribution in [0.5, 0.6) is 0 Å². The lowest BCUT2D eigenvalue weighted by atomic mass is 10.4. The first-order valence-corrected chi connectivity index (χ1v) is 3.29. The fourth-order valence-electron chi connectivity index (χ4n) is 0.895. The first kappa shape index (κ1) is 7.78. The predicted octanol–water partition coefficient (Wildman–Crippen LogP) is 0.540. The topological polar surface area (TPSA) is 46.6 Å². The SMILES string of the molecule is C=CC(=O)N1CC(C)OC1=O. The number of nitrogens with zero attached hydrogens (tertiary/aromatic N) is 1. The summed E-state index contributed by atoms with van der Waals surface area (Å²) in [6.45, 7) is 5.32. The van der Waals surface area contributed by atoms with Crippen molar-refractivity contribution in [3.8, 4) is 0 Å². The van der Waals surface area contributed by atoms with Gasteiger partial charge in [-0.3, -0.25) is 4.79 Å². The van der Waals surface area contributed by atoms with E-state index in [1.807, 2.05) is 0 Å². The van der Waals surface area contributed by atoms with Gasteiger partial charge in [0, 0.05) is 0 Å². The standard InChI is InChI=1S/C7H9NO3/c1-3-6(9)8-4-5(2)11-7(8)10/h3,5H,1,4H2,2H3. The van der Waals surface area contributed by atoms with Crippen molar-refractivity contribution < 1.29 is 14.3 Å². The highest BCUT2D eigenvalue weighted by Crippen LogP contribution is 2.10. The maximum absolute atomic E-state index is 10.9. The zero-order valence-corrected chi connectivity index (χ0v) is 6.24. The summed E-state index contributed by atoms with van der Waals surface area (Å²) in [5.41, 5.74) is 0. The molecule has 0 N–H and O–H groups in total. The average molecular weight is 155 g/mol. The van der Waals surface area contributed by atoms with Crippen molar-refractivity contribution in [3.63, 3.8) is 0 Å². The monoisotopic (exact) mass is 155 g/mol. The molecule has 0 aromatic rings. The van der Waals surface area contributed by atoms with Crippen LogP contribution in [0.25, 0.3) is 0 Å². The number of rotatable bonds is 1. The van der Waals surface area contributed by atoms with E-state index in [4.69, 9.17) is 4.74 Å². The number of imide groups is 1. The van der Waals surface area contributed by atoms with Crippen molar-refractivity contribution in [2.24, 2.45) is 0 Å². The summed E-state index contributed by atoms with van der Waals surface area (Å²) in [4.78, 5) is 22.7. The van der Waals surface area contributed by atoms with E-state index in [9.17, 15) is 9.59 Å². The molecule has 0 bridgehead atoms. The quantitative estimate of drug-likeness (QED) is 0.519. The summed E-state index contributed by atoms with van der Waals surface area (Å²) in [6, 6.07) is 0. The molecule has 0 radical (unpaired) electrons. The van der Waals surface area contributed by atoms with Crippen LogP contribution >= 0.6 is 0 Å². The third-order valence-corrected chi connectivity index (χ3v) is 1.40. The molecule has 1 aliphatic rings. The van der Waals surface area contributed by atoms with Crippen LogP contribution in [0.1, 0.15) is 6.92 Å². The second kappa shape index (κ2) is 2.74. The van der Waals surface area contributed by atoms with E-state index in [0.29, 0.717) is 6.54 Å². The lowest BCUT2D eigenvalue weighted by Gasteiger charge is -2.05. The van der Waals surface area contributed by atoms with Crippen molar-refractivity contribution in [1.29, 1.82) is 0 Å². The zero-order valence-electron chi connectivity index (χ0n) is 6.24. The first-order valence-electron chi connectivity index (χ1n) is 3.29. The molecule has 1 rings (SSSR count). The van der Waals surface area contributed by atoms with Gasteiger partial charge >= 0.3 is 6.09 Å². The van der Waals surface area contributed by atoms with Gasteiger partial charge in [-0.2, -0.15) is 0 Å². The van der Waals surface area contributed by atoms with E-state index in [1.54, 1.807) is 6.92 Å². The lowest BCUT2D eigenvalue weighted by Crippen LogP contribution is -2.30. The minimum Gasteiger partial charge on any atom is -0.444 e. The van der Waals surface area contributed by atoms with Crippen LogP contribution in [-0.4, -0.2) is 29.5 Å². The van der Waals surface area contributed by atoms with Crippen LogP contribution < -0.4 is 0 Å². The highest BCUT2D eigenvalue weighted by Gasteiger charge is 2.31. The number of hydrogen-bond acceptors (Lipinski definition) is 3. The largest absolute Gasteiger partial charge is 0.444 e. The minimum atomic E-state index is -0.581. The normalized spacial score (nSPS) is 23.2. The number of hydrogen-bond donors (Lipinski definition) is 0. The molecule has 11 heavy (non-hydrogen) atoms. The maximum Gasteiger partial charge on any atom is 0.417 e. The van der Waals surface area contributed by atoms with E-state index in [2.05, 4.69) is 6.58 Å². The molecule has 60 valence electrons. The summed E-state index contributed by atoms with van der Waals surface area (Å²) < 4.78 is 4.72. The molecule has 4 heteroatoms. The van der Waals surface area contributed by atoms with Crippen molar-refractivity contribution in [2.75, 3.05) is 6.54 Å². The van der Waals surface area contributed by atoms with E-state index >= 15 is 0 Å². The molecule has 0 spiro atoms. The van der Waals surface area contributed by atoms with E-state index in [0.717, 1.165) is 11.0 Å². The zero-order chi connectivity index (χ0) is 8.43. The van der Waals surface area contributed by atoms with Crippen LogP contribution in [-0.2, 0) is 9.53 Å². The summed E-state index contributed by atoms with van der Waals surface area (Å²) in [7, 11) is 0. The Labute approximate surface area is 64.4 Å². The molecule has 1 atom stereocenters. The Morgan fingerprint density at radius 1 is 1.91 bits per heavy atom. The van der Waals surface area contributed by atoms with Crippen LogP contribution in [0.2, 0.25) is 0 Å². The number of ether oxygens (including phenoxy) is 1. The van der Waals surface area contributed by atoms with Crippen molar-refractivity contribution in [1.82, 2.24) is 4.90 Å². The van der Waals surface area contributed by atoms with Gasteiger partial charge in [-0.1, -0.05) is 6.58 Å². The molecular formula is C7H9NO3. The fourth-order valence-corrected chi connectivity index (χ4v) is 0.895. The summed E-state index contributed by atoms with van der Waals surface area (Å²) in [5.74, 6) is -0.403. The third kappa shape index (κ3) is 1.39. The van der Waals surface area contributed by atoms with Crippen molar-refractivity contribution >= 4 is 12.0 Å². The van der Waals surface area contributed by atoms with Gasteiger partial charge in [0.2, 0.25) is 0 Å². The molecule has 0 aromatic carbocycles. The summed E-state index contributed by atoms with van der Waals surface area (Å²) in [6.07, 6.45) is 0.313. The predicted molar refractivity (Wildman–Crippen MR) is 37.9 cm³/mol. The Morgan fingerprint density at radius 3 is 2.91 bits per heavy atom. The van der Waals surface area contributed by atoms with Crippen LogP contribution in [0.4, 0.5) is 4.79 Å². The Morgan fingerprint density at radius 2 is 2.55 bits per heavy atom. The number of cyclic esters (lactones) is 1. The average Bonchev–Trinajstić information content (AvgIpc) is 2.28. The van der Waals surface area contributed by atoms with Gasteiger partial charge in [-0.15, -0.1) is 0 Å². The Bertz CT molecular complexity index is 212. The summed E-state index contributed by atoms with van der Waals surface area (Å²) >= 11 is 0. The molecule has 0 aliphatic carbocycles. The van der Waals surface area contributed by atoms with Crippen molar-refractivity contribution in [3.05, 3.63) is 12.7 Å². The molecule has 4 nitrogen and oxygen atoms in total. The fraction of sp³-hybridized carbons (Fsp3) is 0.429. The van der Waals surface area contributed by atoms with Crippen molar-refractivity contribution in [2.45, 2.75) is 13.0 Å². The smallest absolute Gasteiger partial charge is 0.417 e. The molecule has 1 saturated heterocycles. The van der Waals surface area contributed by atoms with Gasteiger partial charge in [0.05, 0.1) is 6.54 Å². The second-order valence-corrected chi connectivity index (χ2v) is 2.35. The van der Waals surface area contributed by atoms with Gasteiger partial charge < -0.3 is 4.74 Å². The lowest BCUT2D eigenvalue weighted by molar-refractivity contribution is -0.122. The maximum atomic E-state index is 10.9. The molecule has 1 aliphatic heterocycles. The second-order valence-electron chi connectivity index (χ2n) is 2.35. The first-order chi connectivity index (χ1) is 5.15. The number of carbonyl (C=O) groups excluding carboxylic acids is 2. The molecule has 1 fully saturated rings. The van der Waals surface area contributed by atoms with Crippen LogP contribution in [0.15, 0.2) is 12.7 Å². The molecule has 0 saturated carbocycles. The molecule has 0 aromatic heterocycles. The molecular weight excluding hydrogens is 146 g/mol. The molecule has 1 unspecified atom stereocenters. The van der Waals surface area contributed by atoms with E-state index < -0.39 is 12.0 Å². The molecule has 1 heterocycles. The molecule has 2 amide bonds. The van der Waals surface area contributed by atoms with Gasteiger partial charge in [0.15, 0.2) is 0 Å². The highest BCUT2D eigenvalue weighted by atomic mass is 16.6. The Kier molecular flexibility index (Phi) is 1.94. The van der Waals surface area contributed by atoms with Crippen LogP contribution in [0.3, 0.4) is 0 Å². The van der Waals surface area contributed by atoms with Gasteiger partial charge in [0.1, 0.15) is 6.10 Å². The minimum absolute atomic E-state index is 0.202. The summed E-state index contributed by atoms with van der Waals surface area (Å²) in [5, 5.41) is 0.